The van der Waals surface area contributed by atoms with Crippen molar-refractivity contribution >= 4 is 37.5 Å². The molecule has 0 saturated carbocycles. The highest BCUT2D eigenvalue weighted by Gasteiger charge is 2.27. The van der Waals surface area contributed by atoms with Crippen LogP contribution in [0.25, 0.3) is 10.2 Å². The third-order valence-electron chi connectivity index (χ3n) is 3.79. The lowest BCUT2D eigenvalue weighted by molar-refractivity contribution is 0.195. The lowest BCUT2D eigenvalue weighted by atomic mass is 9.88. The maximum Gasteiger partial charge on any atom is 0.0973 e. The fraction of sp³-hybridized carbons (Fsp3) is 0.500. The Morgan fingerprint density at radius 3 is 3.06 bits per heavy atom. The molecule has 2 atom stereocenters. The standard InChI is InChI=1S/C14H17BrN2S/c1-9-8-17(2)6-5-11(9)14-16-12-7-10(15)3-4-13(12)18-14/h3-4,7,9,11H,5-6,8H2,1-2H3. The van der Waals surface area contributed by atoms with Crippen molar-refractivity contribution in [3.63, 3.8) is 0 Å². The molecule has 1 aromatic carbocycles. The van der Waals surface area contributed by atoms with Gasteiger partial charge in [0.25, 0.3) is 0 Å². The van der Waals surface area contributed by atoms with Gasteiger partial charge < -0.3 is 4.90 Å². The molecular weight excluding hydrogens is 308 g/mol. The summed E-state index contributed by atoms with van der Waals surface area (Å²) in [5.41, 5.74) is 1.13. The van der Waals surface area contributed by atoms with E-state index in [0.29, 0.717) is 11.8 Å². The summed E-state index contributed by atoms with van der Waals surface area (Å²) in [7, 11) is 2.21. The molecule has 1 fully saturated rings. The minimum absolute atomic E-state index is 0.636. The lowest BCUT2D eigenvalue weighted by Crippen LogP contribution is -2.35. The van der Waals surface area contributed by atoms with E-state index < -0.39 is 0 Å². The van der Waals surface area contributed by atoms with E-state index in [1.807, 2.05) is 11.3 Å². The summed E-state index contributed by atoms with van der Waals surface area (Å²) in [4.78, 5) is 7.26. The van der Waals surface area contributed by atoms with Crippen LogP contribution in [-0.4, -0.2) is 30.0 Å². The van der Waals surface area contributed by atoms with Crippen LogP contribution in [0.2, 0.25) is 0 Å². The number of hydrogen-bond donors (Lipinski definition) is 0. The van der Waals surface area contributed by atoms with Crippen molar-refractivity contribution in [2.45, 2.75) is 19.3 Å². The van der Waals surface area contributed by atoms with E-state index in [2.05, 4.69) is 53.0 Å². The molecule has 1 saturated heterocycles. The minimum atomic E-state index is 0.636. The molecule has 18 heavy (non-hydrogen) atoms. The van der Waals surface area contributed by atoms with Crippen molar-refractivity contribution in [2.24, 2.45) is 5.92 Å². The highest BCUT2D eigenvalue weighted by atomic mass is 79.9. The average Bonchev–Trinajstić information content (AvgIpc) is 2.71. The van der Waals surface area contributed by atoms with Gasteiger partial charge >= 0.3 is 0 Å². The Morgan fingerprint density at radius 2 is 2.28 bits per heavy atom. The molecule has 0 amide bonds. The summed E-state index contributed by atoms with van der Waals surface area (Å²) < 4.78 is 2.42. The SMILES string of the molecule is CC1CN(C)CCC1c1nc2cc(Br)ccc2s1. The third-order valence-corrected chi connectivity index (χ3v) is 5.45. The molecule has 2 unspecified atom stereocenters. The predicted octanol–water partition coefficient (Wildman–Crippen LogP) is 4.11. The van der Waals surface area contributed by atoms with Crippen molar-refractivity contribution < 1.29 is 0 Å². The first-order chi connectivity index (χ1) is 8.63. The quantitative estimate of drug-likeness (QED) is 0.784. The summed E-state index contributed by atoms with van der Waals surface area (Å²) in [6, 6.07) is 6.39. The van der Waals surface area contributed by atoms with E-state index in [0.717, 1.165) is 9.99 Å². The van der Waals surface area contributed by atoms with Crippen LogP contribution < -0.4 is 0 Å². The minimum Gasteiger partial charge on any atom is -0.306 e. The number of rotatable bonds is 1. The maximum absolute atomic E-state index is 4.84. The Labute approximate surface area is 120 Å². The number of benzene rings is 1. The van der Waals surface area contributed by atoms with Gasteiger partial charge in [-0.15, -0.1) is 11.3 Å². The Balaban J connectivity index is 1.94. The highest BCUT2D eigenvalue weighted by molar-refractivity contribution is 9.10. The van der Waals surface area contributed by atoms with Gasteiger partial charge in [-0.05, 0) is 44.1 Å². The van der Waals surface area contributed by atoms with Crippen LogP contribution >= 0.6 is 27.3 Å². The zero-order chi connectivity index (χ0) is 12.7. The first kappa shape index (κ1) is 12.6. The number of aromatic nitrogens is 1. The number of likely N-dealkylation sites (tertiary alicyclic amines) is 1. The third kappa shape index (κ3) is 2.33. The van der Waals surface area contributed by atoms with E-state index in [1.54, 1.807) is 0 Å². The molecule has 96 valence electrons. The van der Waals surface area contributed by atoms with E-state index in [9.17, 15) is 0 Å². The van der Waals surface area contributed by atoms with Crippen molar-refractivity contribution in [3.05, 3.63) is 27.7 Å². The van der Waals surface area contributed by atoms with Crippen LogP contribution in [0.4, 0.5) is 0 Å². The van der Waals surface area contributed by atoms with Gasteiger partial charge in [0.15, 0.2) is 0 Å². The van der Waals surface area contributed by atoms with Crippen molar-refractivity contribution in [2.75, 3.05) is 20.1 Å². The van der Waals surface area contributed by atoms with E-state index in [4.69, 9.17) is 4.98 Å². The van der Waals surface area contributed by atoms with Gasteiger partial charge in [0.1, 0.15) is 0 Å². The molecule has 0 spiro atoms. The van der Waals surface area contributed by atoms with Gasteiger partial charge in [0.2, 0.25) is 0 Å². The number of halogens is 1. The predicted molar refractivity (Wildman–Crippen MR) is 81.3 cm³/mol. The van der Waals surface area contributed by atoms with Gasteiger partial charge in [-0.25, -0.2) is 4.98 Å². The molecule has 1 aliphatic rings. The van der Waals surface area contributed by atoms with Crippen molar-refractivity contribution in [3.8, 4) is 0 Å². The molecular formula is C14H17BrN2S. The summed E-state index contributed by atoms with van der Waals surface area (Å²) in [5, 5.41) is 1.32. The monoisotopic (exact) mass is 324 g/mol. The largest absolute Gasteiger partial charge is 0.306 e. The zero-order valence-electron chi connectivity index (χ0n) is 10.7. The van der Waals surface area contributed by atoms with E-state index in [1.165, 1.54) is 29.2 Å². The Bertz CT molecular complexity index is 566. The molecule has 0 aliphatic carbocycles. The molecule has 0 N–H and O–H groups in total. The van der Waals surface area contributed by atoms with Crippen molar-refractivity contribution in [1.82, 2.24) is 9.88 Å². The normalized spacial score (nSPS) is 25.7. The molecule has 1 aromatic heterocycles. The Morgan fingerprint density at radius 1 is 1.44 bits per heavy atom. The second-order valence-corrected chi connectivity index (χ2v) is 7.28. The molecule has 1 aliphatic heterocycles. The molecule has 4 heteroatoms. The zero-order valence-corrected chi connectivity index (χ0v) is 13.1. The number of hydrogen-bond acceptors (Lipinski definition) is 3. The average molecular weight is 325 g/mol. The number of piperidine rings is 1. The maximum atomic E-state index is 4.84. The topological polar surface area (TPSA) is 16.1 Å². The smallest absolute Gasteiger partial charge is 0.0973 e. The molecule has 0 bridgehead atoms. The number of nitrogens with zero attached hydrogens (tertiary/aromatic N) is 2. The highest BCUT2D eigenvalue weighted by Crippen LogP contribution is 2.37. The molecule has 0 radical (unpaired) electrons. The van der Waals surface area contributed by atoms with E-state index in [-0.39, 0.29) is 0 Å². The molecule has 2 aromatic rings. The first-order valence-corrected chi connectivity index (χ1v) is 7.99. The van der Waals surface area contributed by atoms with Crippen molar-refractivity contribution in [1.29, 1.82) is 0 Å². The second kappa shape index (κ2) is 4.91. The lowest BCUT2D eigenvalue weighted by Gasteiger charge is -2.33. The number of fused-ring (bicyclic) bond motifs is 1. The van der Waals surface area contributed by atoms with Gasteiger partial charge in [-0.2, -0.15) is 0 Å². The first-order valence-electron chi connectivity index (χ1n) is 6.38. The van der Waals surface area contributed by atoms with Crippen LogP contribution in [0, 0.1) is 5.92 Å². The summed E-state index contributed by atoms with van der Waals surface area (Å²) in [6.07, 6.45) is 1.23. The summed E-state index contributed by atoms with van der Waals surface area (Å²) in [6.45, 7) is 4.72. The van der Waals surface area contributed by atoms with Crippen LogP contribution in [0.5, 0.6) is 0 Å². The molecule has 3 rings (SSSR count). The number of thiazole rings is 1. The van der Waals surface area contributed by atoms with Gasteiger partial charge in [-0.3, -0.25) is 0 Å². The van der Waals surface area contributed by atoms with Gasteiger partial charge in [0.05, 0.1) is 15.2 Å². The molecule has 2 heterocycles. The molecule has 2 nitrogen and oxygen atoms in total. The summed E-state index contributed by atoms with van der Waals surface area (Å²) >= 11 is 5.38. The Hall–Kier alpha value is -0.450. The van der Waals surface area contributed by atoms with Crippen LogP contribution in [0.15, 0.2) is 22.7 Å². The fourth-order valence-electron chi connectivity index (χ4n) is 2.80. The van der Waals surface area contributed by atoms with Crippen LogP contribution in [0.3, 0.4) is 0 Å². The van der Waals surface area contributed by atoms with Gasteiger partial charge in [-0.1, -0.05) is 22.9 Å². The van der Waals surface area contributed by atoms with Crippen LogP contribution in [-0.2, 0) is 0 Å². The fourth-order valence-corrected chi connectivity index (χ4v) is 4.36. The van der Waals surface area contributed by atoms with Gasteiger partial charge in [0, 0.05) is 16.9 Å². The summed E-state index contributed by atoms with van der Waals surface area (Å²) in [5.74, 6) is 1.34. The Kier molecular flexibility index (Phi) is 3.43. The van der Waals surface area contributed by atoms with Crippen LogP contribution in [0.1, 0.15) is 24.3 Å². The second-order valence-electron chi connectivity index (χ2n) is 5.30. The van der Waals surface area contributed by atoms with E-state index >= 15 is 0 Å².